The molecule has 0 amide bonds. The Morgan fingerprint density at radius 1 is 0.405 bits per heavy atom. The highest BCUT2D eigenvalue weighted by molar-refractivity contribution is 6.15. The lowest BCUT2D eigenvalue weighted by atomic mass is 9.98. The lowest BCUT2D eigenvalue weighted by molar-refractivity contribution is 0.670. The first kappa shape index (κ1) is 24.2. The zero-order valence-corrected chi connectivity index (χ0v) is 22.9. The van der Waals surface area contributed by atoms with Gasteiger partial charge in [-0.1, -0.05) is 115 Å². The smallest absolute Gasteiger partial charge is 0.145 e. The van der Waals surface area contributed by atoms with Crippen molar-refractivity contribution >= 4 is 49.8 Å². The van der Waals surface area contributed by atoms with E-state index in [9.17, 15) is 0 Å². The molecule has 0 aliphatic heterocycles. The molecule has 1 aromatic heterocycles. The molecule has 0 N–H and O–H groups in total. The third kappa shape index (κ3) is 4.13. The van der Waals surface area contributed by atoms with Gasteiger partial charge in [0.15, 0.2) is 0 Å². The molecule has 0 aliphatic carbocycles. The van der Waals surface area contributed by atoms with Crippen molar-refractivity contribution in [2.24, 2.45) is 0 Å². The molecule has 198 valence electrons. The van der Waals surface area contributed by atoms with E-state index in [2.05, 4.69) is 169 Å². The van der Waals surface area contributed by atoms with Gasteiger partial charge in [-0.25, -0.2) is 0 Å². The van der Waals surface area contributed by atoms with Gasteiger partial charge in [-0.3, -0.25) is 0 Å². The molecule has 0 unspecified atom stereocenters. The van der Waals surface area contributed by atoms with Crippen molar-refractivity contribution in [2.75, 3.05) is 4.90 Å². The summed E-state index contributed by atoms with van der Waals surface area (Å²) >= 11 is 0. The van der Waals surface area contributed by atoms with E-state index in [1.165, 1.54) is 21.9 Å². The lowest BCUT2D eigenvalue weighted by Gasteiger charge is -2.28. The van der Waals surface area contributed by atoms with E-state index in [1.54, 1.807) is 0 Å². The molecule has 8 rings (SSSR count). The Balaban J connectivity index is 1.39. The third-order valence-electron chi connectivity index (χ3n) is 8.04. The van der Waals surface area contributed by atoms with E-state index in [-0.39, 0.29) is 0 Å². The SMILES string of the molecule is c1ccc(-c2ccc(N(c3ccccc3)c3ccc4c(oc5cc6ccccc6cc54)c3-c3ccccc3)cc2)cc1. The van der Waals surface area contributed by atoms with Gasteiger partial charge in [0.1, 0.15) is 11.2 Å². The number of nitrogens with zero attached hydrogens (tertiary/aromatic N) is 1. The van der Waals surface area contributed by atoms with Crippen LogP contribution in [0.15, 0.2) is 168 Å². The molecule has 0 fully saturated rings. The van der Waals surface area contributed by atoms with Crippen LogP contribution in [0.5, 0.6) is 0 Å². The standard InChI is InChI=1S/C40H27NO/c1-4-12-28(13-5-1)29-20-22-34(23-21-29)41(33-18-8-3-9-19-33)37-25-24-35-36-26-31-16-10-11-17-32(31)27-38(36)42-40(35)39(37)30-14-6-2-7-15-30/h1-27H. The second kappa shape index (κ2) is 10.1. The minimum Gasteiger partial charge on any atom is -0.455 e. The summed E-state index contributed by atoms with van der Waals surface area (Å²) in [7, 11) is 0. The highest BCUT2D eigenvalue weighted by atomic mass is 16.3. The van der Waals surface area contributed by atoms with Crippen LogP contribution in [0.25, 0.3) is 55.0 Å². The Bertz CT molecular complexity index is 2160. The van der Waals surface area contributed by atoms with E-state index >= 15 is 0 Å². The van der Waals surface area contributed by atoms with Crippen molar-refractivity contribution in [3.63, 3.8) is 0 Å². The quantitative estimate of drug-likeness (QED) is 0.217. The number of benzene rings is 7. The lowest BCUT2D eigenvalue weighted by Crippen LogP contribution is -2.11. The molecule has 2 nitrogen and oxygen atoms in total. The Kier molecular flexibility index (Phi) is 5.82. The molecule has 0 bridgehead atoms. The summed E-state index contributed by atoms with van der Waals surface area (Å²) in [4.78, 5) is 2.33. The first-order chi connectivity index (χ1) is 20.8. The van der Waals surface area contributed by atoms with Crippen molar-refractivity contribution in [3.8, 4) is 22.3 Å². The molecule has 0 spiro atoms. The van der Waals surface area contributed by atoms with Crippen LogP contribution in [-0.4, -0.2) is 0 Å². The normalized spacial score (nSPS) is 11.3. The second-order valence-electron chi connectivity index (χ2n) is 10.6. The Morgan fingerprint density at radius 2 is 0.952 bits per heavy atom. The van der Waals surface area contributed by atoms with Gasteiger partial charge in [-0.15, -0.1) is 0 Å². The molecular weight excluding hydrogens is 510 g/mol. The number of fused-ring (bicyclic) bond motifs is 4. The summed E-state index contributed by atoms with van der Waals surface area (Å²) in [5.41, 5.74) is 9.61. The van der Waals surface area contributed by atoms with Gasteiger partial charge in [0, 0.05) is 27.7 Å². The molecule has 0 atom stereocenters. The number of hydrogen-bond donors (Lipinski definition) is 0. The fourth-order valence-electron chi connectivity index (χ4n) is 6.02. The van der Waals surface area contributed by atoms with E-state index < -0.39 is 0 Å². The van der Waals surface area contributed by atoms with Crippen LogP contribution in [-0.2, 0) is 0 Å². The molecule has 42 heavy (non-hydrogen) atoms. The van der Waals surface area contributed by atoms with E-state index in [0.717, 1.165) is 50.1 Å². The zero-order chi connectivity index (χ0) is 27.9. The average molecular weight is 538 g/mol. The number of anilines is 3. The van der Waals surface area contributed by atoms with Crippen LogP contribution >= 0.6 is 0 Å². The summed E-state index contributed by atoms with van der Waals surface area (Å²) in [5, 5.41) is 4.63. The summed E-state index contributed by atoms with van der Waals surface area (Å²) < 4.78 is 6.76. The van der Waals surface area contributed by atoms with Crippen molar-refractivity contribution in [1.29, 1.82) is 0 Å². The van der Waals surface area contributed by atoms with Crippen molar-refractivity contribution < 1.29 is 4.42 Å². The molecule has 7 aromatic carbocycles. The van der Waals surface area contributed by atoms with Crippen LogP contribution in [0.4, 0.5) is 17.1 Å². The fourth-order valence-corrected chi connectivity index (χ4v) is 6.02. The van der Waals surface area contributed by atoms with Crippen molar-refractivity contribution in [1.82, 2.24) is 0 Å². The van der Waals surface area contributed by atoms with Gasteiger partial charge in [0.2, 0.25) is 0 Å². The van der Waals surface area contributed by atoms with E-state index in [4.69, 9.17) is 4.42 Å². The minimum absolute atomic E-state index is 0.894. The average Bonchev–Trinajstić information content (AvgIpc) is 3.42. The predicted molar refractivity (Wildman–Crippen MR) is 177 cm³/mol. The molecule has 1 heterocycles. The first-order valence-electron chi connectivity index (χ1n) is 14.3. The zero-order valence-electron chi connectivity index (χ0n) is 22.9. The van der Waals surface area contributed by atoms with Crippen LogP contribution in [0, 0.1) is 0 Å². The maximum Gasteiger partial charge on any atom is 0.145 e. The molecular formula is C40H27NO. The number of para-hydroxylation sites is 1. The van der Waals surface area contributed by atoms with Crippen LogP contribution in [0.1, 0.15) is 0 Å². The number of hydrogen-bond acceptors (Lipinski definition) is 2. The largest absolute Gasteiger partial charge is 0.455 e. The molecule has 0 radical (unpaired) electrons. The third-order valence-corrected chi connectivity index (χ3v) is 8.04. The van der Waals surface area contributed by atoms with Crippen LogP contribution in [0.3, 0.4) is 0 Å². The van der Waals surface area contributed by atoms with Crippen molar-refractivity contribution in [3.05, 3.63) is 164 Å². The minimum atomic E-state index is 0.894. The van der Waals surface area contributed by atoms with Gasteiger partial charge in [0.25, 0.3) is 0 Å². The number of furan rings is 1. The Hall–Kier alpha value is -5.60. The summed E-state index contributed by atoms with van der Waals surface area (Å²) in [6.07, 6.45) is 0. The molecule has 0 saturated carbocycles. The molecule has 2 heteroatoms. The van der Waals surface area contributed by atoms with E-state index in [0.29, 0.717) is 0 Å². The monoisotopic (exact) mass is 537 g/mol. The van der Waals surface area contributed by atoms with Gasteiger partial charge in [-0.05, 0) is 76.0 Å². The van der Waals surface area contributed by atoms with Gasteiger partial charge < -0.3 is 9.32 Å². The summed E-state index contributed by atoms with van der Waals surface area (Å²) in [6, 6.07) is 57.8. The Morgan fingerprint density at radius 3 is 1.64 bits per heavy atom. The topological polar surface area (TPSA) is 16.4 Å². The maximum absolute atomic E-state index is 6.76. The first-order valence-corrected chi connectivity index (χ1v) is 14.3. The van der Waals surface area contributed by atoms with Gasteiger partial charge >= 0.3 is 0 Å². The van der Waals surface area contributed by atoms with Crippen molar-refractivity contribution in [2.45, 2.75) is 0 Å². The highest BCUT2D eigenvalue weighted by Crippen LogP contribution is 2.47. The molecule has 0 saturated heterocycles. The van der Waals surface area contributed by atoms with Crippen LogP contribution < -0.4 is 4.90 Å². The predicted octanol–water partition coefficient (Wildman–Crippen LogP) is 11.5. The van der Waals surface area contributed by atoms with Gasteiger partial charge in [-0.2, -0.15) is 0 Å². The molecule has 0 aliphatic rings. The maximum atomic E-state index is 6.76. The summed E-state index contributed by atoms with van der Waals surface area (Å²) in [6.45, 7) is 0. The second-order valence-corrected chi connectivity index (χ2v) is 10.6. The van der Waals surface area contributed by atoms with Crippen LogP contribution in [0.2, 0.25) is 0 Å². The Labute approximate surface area is 244 Å². The molecule has 8 aromatic rings. The highest BCUT2D eigenvalue weighted by Gasteiger charge is 2.22. The fraction of sp³-hybridized carbons (Fsp3) is 0. The van der Waals surface area contributed by atoms with E-state index in [1.807, 2.05) is 0 Å². The number of rotatable bonds is 5. The van der Waals surface area contributed by atoms with Gasteiger partial charge in [0.05, 0.1) is 5.69 Å². The summed E-state index contributed by atoms with van der Waals surface area (Å²) in [5.74, 6) is 0.